The lowest BCUT2D eigenvalue weighted by Crippen LogP contribution is -2.19. The van der Waals surface area contributed by atoms with E-state index in [4.69, 9.17) is 4.74 Å². The first kappa shape index (κ1) is 16.1. The van der Waals surface area contributed by atoms with E-state index in [-0.39, 0.29) is 0 Å². The average molecular weight is 288 g/mol. The largest absolute Gasteiger partial charge is 0.383 e. The average Bonchev–Trinajstić information content (AvgIpc) is 2.93. The molecular weight excluding hydrogens is 260 g/mol. The lowest BCUT2D eigenvalue weighted by Gasteiger charge is -2.16. The van der Waals surface area contributed by atoms with Crippen LogP contribution in [0.3, 0.4) is 0 Å². The molecule has 1 N–H and O–H groups in total. The van der Waals surface area contributed by atoms with Gasteiger partial charge in [-0.15, -0.1) is 0 Å². The molecule has 0 saturated heterocycles. The number of ether oxygens (including phenoxy) is 1. The number of benzene rings is 1. The highest BCUT2D eigenvalue weighted by molar-refractivity contribution is 5.83. The summed E-state index contributed by atoms with van der Waals surface area (Å²) < 4.78 is 7.52. The number of methoxy groups -OCH3 is 1. The number of para-hydroxylation sites is 1. The molecule has 0 aliphatic rings. The van der Waals surface area contributed by atoms with Gasteiger partial charge < -0.3 is 14.6 Å². The highest BCUT2D eigenvalue weighted by Crippen LogP contribution is 2.23. The first-order chi connectivity index (χ1) is 10.3. The molecule has 0 aliphatic carbocycles. The van der Waals surface area contributed by atoms with Gasteiger partial charge in [0.1, 0.15) is 0 Å². The molecule has 116 valence electrons. The van der Waals surface area contributed by atoms with E-state index in [0.29, 0.717) is 0 Å². The summed E-state index contributed by atoms with van der Waals surface area (Å²) in [7, 11) is 1.74. The Hall–Kier alpha value is -1.32. The molecule has 0 unspecified atom stereocenters. The van der Waals surface area contributed by atoms with Crippen molar-refractivity contribution in [3.05, 3.63) is 36.0 Å². The van der Waals surface area contributed by atoms with Crippen molar-refractivity contribution < 1.29 is 4.74 Å². The monoisotopic (exact) mass is 288 g/mol. The molecule has 0 saturated carbocycles. The van der Waals surface area contributed by atoms with Gasteiger partial charge in [0, 0.05) is 32.9 Å². The van der Waals surface area contributed by atoms with E-state index in [1.165, 1.54) is 29.3 Å². The van der Waals surface area contributed by atoms with Gasteiger partial charge >= 0.3 is 0 Å². The molecule has 0 fully saturated rings. The maximum absolute atomic E-state index is 5.09. The minimum atomic E-state index is 0.755. The van der Waals surface area contributed by atoms with Crippen LogP contribution in [0.15, 0.2) is 30.5 Å². The highest BCUT2D eigenvalue weighted by Gasteiger charge is 2.10. The minimum absolute atomic E-state index is 0.755. The van der Waals surface area contributed by atoms with E-state index >= 15 is 0 Å². The van der Waals surface area contributed by atoms with Crippen molar-refractivity contribution in [3.63, 3.8) is 0 Å². The summed E-state index contributed by atoms with van der Waals surface area (Å²) in [5.74, 6) is 0.759. The molecule has 1 aromatic heterocycles. The SMILES string of the molecule is CCC(CC)Cn1ccc2cccc(CNCCOC)c21. The molecule has 0 aliphatic heterocycles. The van der Waals surface area contributed by atoms with Crippen molar-refractivity contribution in [1.82, 2.24) is 9.88 Å². The highest BCUT2D eigenvalue weighted by atomic mass is 16.5. The van der Waals surface area contributed by atoms with Crippen LogP contribution in [0.25, 0.3) is 10.9 Å². The molecule has 0 amide bonds. The van der Waals surface area contributed by atoms with Gasteiger partial charge in [-0.05, 0) is 22.9 Å². The molecule has 1 heterocycles. The Labute approximate surface area is 128 Å². The molecule has 3 nitrogen and oxygen atoms in total. The van der Waals surface area contributed by atoms with E-state index in [1.807, 2.05) is 0 Å². The number of rotatable bonds is 9. The standard InChI is InChI=1S/C18H28N2O/c1-4-15(5-2)14-20-11-9-16-7-6-8-17(18(16)20)13-19-10-12-21-3/h6-9,11,15,19H,4-5,10,12-14H2,1-3H3. The summed E-state index contributed by atoms with van der Waals surface area (Å²) in [6, 6.07) is 8.82. The first-order valence-electron chi connectivity index (χ1n) is 8.06. The number of nitrogens with zero attached hydrogens (tertiary/aromatic N) is 1. The third-order valence-electron chi connectivity index (χ3n) is 4.28. The van der Waals surface area contributed by atoms with Gasteiger partial charge in [0.25, 0.3) is 0 Å². The quantitative estimate of drug-likeness (QED) is 0.710. The van der Waals surface area contributed by atoms with Gasteiger partial charge in [0.2, 0.25) is 0 Å². The second-order valence-electron chi connectivity index (χ2n) is 5.68. The molecule has 2 aromatic rings. The fourth-order valence-electron chi connectivity index (χ4n) is 2.86. The Morgan fingerprint density at radius 2 is 2.00 bits per heavy atom. The number of fused-ring (bicyclic) bond motifs is 1. The van der Waals surface area contributed by atoms with Crippen molar-refractivity contribution in [2.45, 2.75) is 39.8 Å². The van der Waals surface area contributed by atoms with Crippen molar-refractivity contribution in [1.29, 1.82) is 0 Å². The summed E-state index contributed by atoms with van der Waals surface area (Å²) in [4.78, 5) is 0. The number of hydrogen-bond acceptors (Lipinski definition) is 2. The van der Waals surface area contributed by atoms with Crippen molar-refractivity contribution >= 4 is 10.9 Å². The lowest BCUT2D eigenvalue weighted by atomic mass is 10.0. The molecule has 0 bridgehead atoms. The zero-order valence-corrected chi connectivity index (χ0v) is 13.6. The van der Waals surface area contributed by atoms with Crippen LogP contribution in [0.1, 0.15) is 32.3 Å². The summed E-state index contributed by atoms with van der Waals surface area (Å²) in [6.07, 6.45) is 4.72. The molecule has 0 spiro atoms. The summed E-state index contributed by atoms with van der Waals surface area (Å²) in [5.41, 5.74) is 2.76. The number of nitrogens with one attached hydrogen (secondary N) is 1. The van der Waals surface area contributed by atoms with Crippen LogP contribution in [0, 0.1) is 5.92 Å². The van der Waals surface area contributed by atoms with Crippen LogP contribution in [0.2, 0.25) is 0 Å². The van der Waals surface area contributed by atoms with E-state index in [2.05, 4.69) is 54.2 Å². The predicted molar refractivity (Wildman–Crippen MR) is 89.6 cm³/mol. The molecule has 21 heavy (non-hydrogen) atoms. The number of aromatic nitrogens is 1. The Bertz CT molecular complexity index is 543. The Kier molecular flexibility index (Phi) is 6.27. The van der Waals surface area contributed by atoms with E-state index < -0.39 is 0 Å². The first-order valence-corrected chi connectivity index (χ1v) is 8.06. The molecule has 1 aromatic carbocycles. The van der Waals surface area contributed by atoms with Gasteiger partial charge in [0.15, 0.2) is 0 Å². The molecular formula is C18H28N2O. The second-order valence-corrected chi connectivity index (χ2v) is 5.68. The molecule has 0 atom stereocenters. The Balaban J connectivity index is 2.18. The van der Waals surface area contributed by atoms with Gasteiger partial charge in [0.05, 0.1) is 12.1 Å². The van der Waals surface area contributed by atoms with Gasteiger partial charge in [-0.1, -0.05) is 44.9 Å². The van der Waals surface area contributed by atoms with Gasteiger partial charge in [-0.3, -0.25) is 0 Å². The van der Waals surface area contributed by atoms with Crippen molar-refractivity contribution in [2.75, 3.05) is 20.3 Å². The topological polar surface area (TPSA) is 26.2 Å². The van der Waals surface area contributed by atoms with Crippen molar-refractivity contribution in [3.8, 4) is 0 Å². The summed E-state index contributed by atoms with van der Waals surface area (Å²) in [6.45, 7) is 8.23. The lowest BCUT2D eigenvalue weighted by molar-refractivity contribution is 0.199. The van der Waals surface area contributed by atoms with Gasteiger partial charge in [-0.25, -0.2) is 0 Å². The third kappa shape index (κ3) is 4.08. The second kappa shape index (κ2) is 8.20. The molecule has 2 rings (SSSR count). The maximum atomic E-state index is 5.09. The van der Waals surface area contributed by atoms with Crippen LogP contribution in [0.4, 0.5) is 0 Å². The minimum Gasteiger partial charge on any atom is -0.383 e. The normalized spacial score (nSPS) is 11.6. The van der Waals surface area contributed by atoms with Crippen LogP contribution in [-0.2, 0) is 17.8 Å². The Morgan fingerprint density at radius 1 is 1.19 bits per heavy atom. The predicted octanol–water partition coefficient (Wildman–Crippen LogP) is 3.81. The zero-order valence-electron chi connectivity index (χ0n) is 13.6. The van der Waals surface area contributed by atoms with E-state index in [9.17, 15) is 0 Å². The van der Waals surface area contributed by atoms with E-state index in [0.717, 1.165) is 32.2 Å². The molecule has 3 heteroatoms. The zero-order chi connectivity index (χ0) is 15.1. The fourth-order valence-corrected chi connectivity index (χ4v) is 2.86. The smallest absolute Gasteiger partial charge is 0.0587 e. The van der Waals surface area contributed by atoms with E-state index in [1.54, 1.807) is 7.11 Å². The Morgan fingerprint density at radius 3 is 2.71 bits per heavy atom. The molecule has 0 radical (unpaired) electrons. The van der Waals surface area contributed by atoms with Crippen LogP contribution >= 0.6 is 0 Å². The van der Waals surface area contributed by atoms with Crippen LogP contribution in [0.5, 0.6) is 0 Å². The summed E-state index contributed by atoms with van der Waals surface area (Å²) >= 11 is 0. The fraction of sp³-hybridized carbons (Fsp3) is 0.556. The van der Waals surface area contributed by atoms with Crippen molar-refractivity contribution in [2.24, 2.45) is 5.92 Å². The van der Waals surface area contributed by atoms with Crippen LogP contribution in [-0.4, -0.2) is 24.8 Å². The van der Waals surface area contributed by atoms with Gasteiger partial charge in [-0.2, -0.15) is 0 Å². The number of hydrogen-bond donors (Lipinski definition) is 1. The maximum Gasteiger partial charge on any atom is 0.0587 e. The summed E-state index contributed by atoms with van der Waals surface area (Å²) in [5, 5.41) is 4.79. The third-order valence-corrected chi connectivity index (χ3v) is 4.28. The van der Waals surface area contributed by atoms with Crippen LogP contribution < -0.4 is 5.32 Å².